The van der Waals surface area contributed by atoms with E-state index < -0.39 is 0 Å². The molecule has 0 aliphatic heterocycles. The van der Waals surface area contributed by atoms with E-state index in [1.165, 1.54) is 0 Å². The summed E-state index contributed by atoms with van der Waals surface area (Å²) in [7, 11) is 0. The summed E-state index contributed by atoms with van der Waals surface area (Å²) in [6.07, 6.45) is 3.08. The third-order valence-corrected chi connectivity index (χ3v) is 1.28. The van der Waals surface area contributed by atoms with Gasteiger partial charge in [-0.3, -0.25) is 4.79 Å². The molecule has 0 aromatic rings. The zero-order chi connectivity index (χ0) is 7.82. The number of ether oxygens (including phenoxy) is 1. The van der Waals surface area contributed by atoms with Crippen LogP contribution in [0.5, 0.6) is 0 Å². The van der Waals surface area contributed by atoms with E-state index in [1.807, 2.05) is 6.08 Å². The van der Waals surface area contributed by atoms with Gasteiger partial charge in [0, 0.05) is 6.42 Å². The van der Waals surface area contributed by atoms with E-state index in [9.17, 15) is 4.79 Å². The van der Waals surface area contributed by atoms with Crippen LogP contribution in [0.15, 0.2) is 11.1 Å². The summed E-state index contributed by atoms with van der Waals surface area (Å²) < 4.78 is 4.70. The predicted octanol–water partition coefficient (Wildman–Crippen LogP) is 2.24. The van der Waals surface area contributed by atoms with Crippen LogP contribution in [0.25, 0.3) is 0 Å². The minimum absolute atomic E-state index is 0.131. The molecule has 0 saturated carbocycles. The summed E-state index contributed by atoms with van der Waals surface area (Å²) in [5, 5.41) is 0. The van der Waals surface area contributed by atoms with Crippen LogP contribution in [-0.4, -0.2) is 12.6 Å². The normalized spacial score (nSPS) is 10.2. The standard InChI is InChI=1S/C7H11BrO2/c1-2-10-7(9)5-3-4-6-8/h4,6H,2-3,5H2,1H3. The summed E-state index contributed by atoms with van der Waals surface area (Å²) in [4.78, 5) is 12.4. The average molecular weight is 207 g/mol. The molecule has 0 fully saturated rings. The molecule has 0 atom stereocenters. The zero-order valence-corrected chi connectivity index (χ0v) is 7.56. The first kappa shape index (κ1) is 9.69. The van der Waals surface area contributed by atoms with Crippen LogP contribution in [0.3, 0.4) is 0 Å². The molecule has 0 aromatic carbocycles. The van der Waals surface area contributed by atoms with Crippen LogP contribution in [-0.2, 0) is 9.53 Å². The van der Waals surface area contributed by atoms with Gasteiger partial charge in [-0.05, 0) is 18.3 Å². The van der Waals surface area contributed by atoms with Gasteiger partial charge in [-0.15, -0.1) is 0 Å². The molecule has 0 aliphatic carbocycles. The van der Waals surface area contributed by atoms with Crippen molar-refractivity contribution in [3.8, 4) is 0 Å². The highest BCUT2D eigenvalue weighted by atomic mass is 79.9. The van der Waals surface area contributed by atoms with Gasteiger partial charge < -0.3 is 4.74 Å². The maximum absolute atomic E-state index is 10.6. The van der Waals surface area contributed by atoms with Crippen LogP contribution < -0.4 is 0 Å². The molecule has 0 spiro atoms. The first-order valence-corrected chi connectivity index (χ1v) is 4.13. The third kappa shape index (κ3) is 5.82. The summed E-state index contributed by atoms with van der Waals surface area (Å²) in [5.41, 5.74) is 0. The SMILES string of the molecule is CCOC(=O)CCC=CBr. The molecule has 0 heterocycles. The molecular formula is C7H11BrO2. The van der Waals surface area contributed by atoms with E-state index in [1.54, 1.807) is 11.9 Å². The third-order valence-electron chi connectivity index (χ3n) is 0.910. The lowest BCUT2D eigenvalue weighted by atomic mass is 10.3. The van der Waals surface area contributed by atoms with Gasteiger partial charge in [-0.2, -0.15) is 0 Å². The van der Waals surface area contributed by atoms with Crippen molar-refractivity contribution in [1.29, 1.82) is 0 Å². The van der Waals surface area contributed by atoms with E-state index >= 15 is 0 Å². The highest BCUT2D eigenvalue weighted by molar-refractivity contribution is 9.11. The van der Waals surface area contributed by atoms with Crippen molar-refractivity contribution >= 4 is 21.9 Å². The van der Waals surface area contributed by atoms with Crippen LogP contribution >= 0.6 is 15.9 Å². The van der Waals surface area contributed by atoms with E-state index in [2.05, 4.69) is 15.9 Å². The number of hydrogen-bond donors (Lipinski definition) is 0. The van der Waals surface area contributed by atoms with Gasteiger partial charge in [0.25, 0.3) is 0 Å². The Hall–Kier alpha value is -0.310. The Balaban J connectivity index is 3.21. The van der Waals surface area contributed by atoms with Gasteiger partial charge in [0.1, 0.15) is 0 Å². The molecule has 0 saturated heterocycles. The van der Waals surface area contributed by atoms with Crippen molar-refractivity contribution in [1.82, 2.24) is 0 Å². The second-order valence-electron chi connectivity index (χ2n) is 1.71. The molecule has 10 heavy (non-hydrogen) atoms. The number of halogens is 1. The van der Waals surface area contributed by atoms with E-state index in [-0.39, 0.29) is 5.97 Å². The van der Waals surface area contributed by atoms with Gasteiger partial charge >= 0.3 is 5.97 Å². The van der Waals surface area contributed by atoms with E-state index in [4.69, 9.17) is 4.74 Å². The van der Waals surface area contributed by atoms with Crippen molar-refractivity contribution in [2.75, 3.05) is 6.61 Å². The van der Waals surface area contributed by atoms with Gasteiger partial charge in [-0.1, -0.05) is 22.0 Å². The fourth-order valence-electron chi connectivity index (χ4n) is 0.497. The van der Waals surface area contributed by atoms with Gasteiger partial charge in [0.2, 0.25) is 0 Å². The molecule has 0 aliphatic rings. The molecular weight excluding hydrogens is 196 g/mol. The fraction of sp³-hybridized carbons (Fsp3) is 0.571. The molecule has 0 bridgehead atoms. The second kappa shape index (κ2) is 6.81. The zero-order valence-electron chi connectivity index (χ0n) is 5.97. The van der Waals surface area contributed by atoms with Crippen LogP contribution in [0.2, 0.25) is 0 Å². The van der Waals surface area contributed by atoms with Gasteiger partial charge in [-0.25, -0.2) is 0 Å². The largest absolute Gasteiger partial charge is 0.466 e. The van der Waals surface area contributed by atoms with Crippen molar-refractivity contribution in [3.05, 3.63) is 11.1 Å². The summed E-state index contributed by atoms with van der Waals surface area (Å²) in [6, 6.07) is 0. The van der Waals surface area contributed by atoms with Crippen molar-refractivity contribution in [3.63, 3.8) is 0 Å². The molecule has 3 heteroatoms. The maximum atomic E-state index is 10.6. The van der Waals surface area contributed by atoms with Gasteiger partial charge in [0.05, 0.1) is 6.61 Å². The topological polar surface area (TPSA) is 26.3 Å². The minimum Gasteiger partial charge on any atom is -0.466 e. The van der Waals surface area contributed by atoms with Crippen LogP contribution in [0.4, 0.5) is 0 Å². The Morgan fingerprint density at radius 3 is 2.90 bits per heavy atom. The molecule has 0 N–H and O–H groups in total. The maximum Gasteiger partial charge on any atom is 0.306 e. The average Bonchev–Trinajstić information content (AvgIpc) is 1.89. The molecule has 0 amide bonds. The first-order valence-electron chi connectivity index (χ1n) is 3.22. The number of allylic oxidation sites excluding steroid dienone is 1. The highest BCUT2D eigenvalue weighted by Crippen LogP contribution is 1.95. The molecule has 0 radical (unpaired) electrons. The lowest BCUT2D eigenvalue weighted by molar-refractivity contribution is -0.142. The molecule has 2 nitrogen and oxygen atoms in total. The number of carbonyl (C=O) groups is 1. The Kier molecular flexibility index (Phi) is 6.59. The Bertz CT molecular complexity index is 121. The lowest BCUT2D eigenvalue weighted by Crippen LogP contribution is -2.02. The second-order valence-corrected chi connectivity index (χ2v) is 2.23. The molecule has 0 rings (SSSR count). The molecule has 0 aromatic heterocycles. The lowest BCUT2D eigenvalue weighted by Gasteiger charge is -1.97. The van der Waals surface area contributed by atoms with Crippen LogP contribution in [0.1, 0.15) is 19.8 Å². The monoisotopic (exact) mass is 206 g/mol. The minimum atomic E-state index is -0.131. The molecule has 0 unspecified atom stereocenters. The van der Waals surface area contributed by atoms with Gasteiger partial charge in [0.15, 0.2) is 0 Å². The Labute approximate surface area is 69.4 Å². The molecule has 58 valence electrons. The summed E-state index contributed by atoms with van der Waals surface area (Å²) in [6.45, 7) is 2.27. The number of esters is 1. The van der Waals surface area contributed by atoms with Crippen LogP contribution in [0, 0.1) is 0 Å². The Morgan fingerprint density at radius 2 is 2.40 bits per heavy atom. The quantitative estimate of drug-likeness (QED) is 0.660. The number of rotatable bonds is 4. The van der Waals surface area contributed by atoms with Crippen molar-refractivity contribution in [2.45, 2.75) is 19.8 Å². The summed E-state index contributed by atoms with van der Waals surface area (Å²) >= 11 is 3.11. The van der Waals surface area contributed by atoms with E-state index in [0.717, 1.165) is 6.42 Å². The van der Waals surface area contributed by atoms with E-state index in [0.29, 0.717) is 13.0 Å². The first-order chi connectivity index (χ1) is 4.81. The highest BCUT2D eigenvalue weighted by Gasteiger charge is 1.96. The predicted molar refractivity (Wildman–Crippen MR) is 43.9 cm³/mol. The fourth-order valence-corrected chi connectivity index (χ4v) is 0.762. The number of hydrogen-bond acceptors (Lipinski definition) is 2. The Morgan fingerprint density at radius 1 is 1.70 bits per heavy atom. The smallest absolute Gasteiger partial charge is 0.306 e. The summed E-state index contributed by atoms with van der Waals surface area (Å²) in [5.74, 6) is -0.131. The number of carbonyl (C=O) groups excluding carboxylic acids is 1. The van der Waals surface area contributed by atoms with Crippen molar-refractivity contribution < 1.29 is 9.53 Å². The van der Waals surface area contributed by atoms with Crippen molar-refractivity contribution in [2.24, 2.45) is 0 Å².